The van der Waals surface area contributed by atoms with Crippen LogP contribution in [0.1, 0.15) is 19.4 Å². The molecule has 0 aliphatic rings. The van der Waals surface area contributed by atoms with E-state index in [2.05, 4.69) is 21.2 Å². The summed E-state index contributed by atoms with van der Waals surface area (Å²) in [5.74, 6) is 0.241. The molecule has 94 valence electrons. The number of Topliss-reactive ketones (excluding diaryl/α,β-unsaturated/α-hetero) is 1. The van der Waals surface area contributed by atoms with E-state index in [1.165, 1.54) is 0 Å². The molecule has 0 fully saturated rings. The Morgan fingerprint density at radius 3 is 2.82 bits per heavy atom. The highest BCUT2D eigenvalue weighted by atomic mass is 79.9. The minimum absolute atomic E-state index is 0.0228. The SMILES string of the molecule is CCNCC(C)C(=O)Cc1ccc(Br)cc1Cl. The zero-order valence-corrected chi connectivity index (χ0v) is 12.4. The van der Waals surface area contributed by atoms with E-state index in [4.69, 9.17) is 11.6 Å². The lowest BCUT2D eigenvalue weighted by Crippen LogP contribution is -2.27. The molecule has 0 spiro atoms. The molecule has 0 amide bonds. The third-order valence-corrected chi connectivity index (χ3v) is 3.48. The van der Waals surface area contributed by atoms with Crippen molar-refractivity contribution >= 4 is 33.3 Å². The van der Waals surface area contributed by atoms with Gasteiger partial charge in [-0.05, 0) is 24.2 Å². The Balaban J connectivity index is 2.61. The Hall–Kier alpha value is -0.380. The number of carbonyl (C=O) groups excluding carboxylic acids is 1. The van der Waals surface area contributed by atoms with Gasteiger partial charge >= 0.3 is 0 Å². The summed E-state index contributed by atoms with van der Waals surface area (Å²) in [4.78, 5) is 11.9. The van der Waals surface area contributed by atoms with E-state index in [1.807, 2.05) is 32.0 Å². The number of hydrogen-bond acceptors (Lipinski definition) is 2. The van der Waals surface area contributed by atoms with Crippen LogP contribution < -0.4 is 5.32 Å². The van der Waals surface area contributed by atoms with Crippen LogP contribution in [0.15, 0.2) is 22.7 Å². The fourth-order valence-corrected chi connectivity index (χ4v) is 2.24. The average Bonchev–Trinajstić information content (AvgIpc) is 2.29. The monoisotopic (exact) mass is 317 g/mol. The molecule has 1 aromatic carbocycles. The van der Waals surface area contributed by atoms with Gasteiger partial charge < -0.3 is 5.32 Å². The van der Waals surface area contributed by atoms with Gasteiger partial charge in [-0.15, -0.1) is 0 Å². The molecule has 1 atom stereocenters. The van der Waals surface area contributed by atoms with Gasteiger partial charge in [0.05, 0.1) is 0 Å². The summed E-state index contributed by atoms with van der Waals surface area (Å²) in [5.41, 5.74) is 0.892. The van der Waals surface area contributed by atoms with Crippen molar-refractivity contribution in [3.63, 3.8) is 0 Å². The number of benzene rings is 1. The number of halogens is 2. The van der Waals surface area contributed by atoms with Crippen molar-refractivity contribution in [3.05, 3.63) is 33.3 Å². The molecule has 0 saturated carbocycles. The van der Waals surface area contributed by atoms with Gasteiger partial charge in [-0.1, -0.05) is 47.4 Å². The largest absolute Gasteiger partial charge is 0.316 e. The maximum absolute atomic E-state index is 11.9. The minimum atomic E-state index is 0.0228. The van der Waals surface area contributed by atoms with Crippen molar-refractivity contribution in [1.82, 2.24) is 5.32 Å². The molecule has 1 unspecified atom stereocenters. The normalized spacial score (nSPS) is 12.5. The maximum Gasteiger partial charge on any atom is 0.141 e. The Labute approximate surface area is 116 Å². The Kier molecular flexibility index (Phi) is 6.17. The first-order valence-corrected chi connectivity index (χ1v) is 6.89. The molecule has 1 rings (SSSR count). The minimum Gasteiger partial charge on any atom is -0.316 e. The van der Waals surface area contributed by atoms with Gasteiger partial charge in [-0.25, -0.2) is 0 Å². The molecule has 0 aliphatic heterocycles. The molecule has 0 aliphatic carbocycles. The van der Waals surface area contributed by atoms with E-state index >= 15 is 0 Å². The van der Waals surface area contributed by atoms with Crippen molar-refractivity contribution in [2.45, 2.75) is 20.3 Å². The van der Waals surface area contributed by atoms with Gasteiger partial charge in [-0.2, -0.15) is 0 Å². The summed E-state index contributed by atoms with van der Waals surface area (Å²) in [6.45, 7) is 5.58. The van der Waals surface area contributed by atoms with Crippen LogP contribution in [0.3, 0.4) is 0 Å². The van der Waals surface area contributed by atoms with Crippen molar-refractivity contribution in [2.75, 3.05) is 13.1 Å². The molecule has 17 heavy (non-hydrogen) atoms. The lowest BCUT2D eigenvalue weighted by atomic mass is 9.99. The highest BCUT2D eigenvalue weighted by Gasteiger charge is 2.14. The van der Waals surface area contributed by atoms with Crippen LogP contribution in [-0.4, -0.2) is 18.9 Å². The van der Waals surface area contributed by atoms with Gasteiger partial charge in [0.2, 0.25) is 0 Å². The second kappa shape index (κ2) is 7.14. The summed E-state index contributed by atoms with van der Waals surface area (Å²) in [7, 11) is 0. The Morgan fingerprint density at radius 1 is 1.53 bits per heavy atom. The molecular formula is C13H17BrClNO. The maximum atomic E-state index is 11.9. The number of rotatable bonds is 6. The van der Waals surface area contributed by atoms with E-state index in [0.717, 1.165) is 23.1 Å². The number of nitrogens with one attached hydrogen (secondary N) is 1. The standard InChI is InChI=1S/C13H17BrClNO/c1-3-16-8-9(2)13(17)6-10-4-5-11(14)7-12(10)15/h4-5,7,9,16H,3,6,8H2,1-2H3. The fraction of sp³-hybridized carbons (Fsp3) is 0.462. The average molecular weight is 319 g/mol. The zero-order valence-electron chi connectivity index (χ0n) is 10.1. The molecule has 0 aromatic heterocycles. The van der Waals surface area contributed by atoms with Crippen LogP contribution in [0.25, 0.3) is 0 Å². The molecule has 1 aromatic rings. The first-order chi connectivity index (χ1) is 8.04. The number of hydrogen-bond donors (Lipinski definition) is 1. The topological polar surface area (TPSA) is 29.1 Å². The van der Waals surface area contributed by atoms with E-state index in [0.29, 0.717) is 11.4 Å². The lowest BCUT2D eigenvalue weighted by molar-refractivity contribution is -0.121. The summed E-state index contributed by atoms with van der Waals surface area (Å²) in [5, 5.41) is 3.82. The zero-order chi connectivity index (χ0) is 12.8. The quantitative estimate of drug-likeness (QED) is 0.870. The van der Waals surface area contributed by atoms with Crippen LogP contribution in [-0.2, 0) is 11.2 Å². The van der Waals surface area contributed by atoms with Crippen LogP contribution >= 0.6 is 27.5 Å². The second-order valence-electron chi connectivity index (χ2n) is 4.09. The van der Waals surface area contributed by atoms with Gasteiger partial charge in [0.1, 0.15) is 5.78 Å². The van der Waals surface area contributed by atoms with E-state index in [-0.39, 0.29) is 11.7 Å². The molecular weight excluding hydrogens is 302 g/mol. The first kappa shape index (κ1) is 14.7. The molecule has 0 radical (unpaired) electrons. The van der Waals surface area contributed by atoms with Crippen LogP contribution in [0.5, 0.6) is 0 Å². The van der Waals surface area contributed by atoms with Crippen LogP contribution in [0.4, 0.5) is 0 Å². The smallest absolute Gasteiger partial charge is 0.141 e. The third-order valence-electron chi connectivity index (χ3n) is 2.63. The van der Waals surface area contributed by atoms with Crippen LogP contribution in [0.2, 0.25) is 5.02 Å². The third kappa shape index (κ3) is 4.78. The van der Waals surface area contributed by atoms with E-state index in [9.17, 15) is 4.79 Å². The van der Waals surface area contributed by atoms with Crippen LogP contribution in [0, 0.1) is 5.92 Å². The molecule has 0 bridgehead atoms. The van der Waals surface area contributed by atoms with E-state index in [1.54, 1.807) is 0 Å². The summed E-state index contributed by atoms with van der Waals surface area (Å²) >= 11 is 9.43. The second-order valence-corrected chi connectivity index (χ2v) is 5.41. The van der Waals surface area contributed by atoms with Crippen molar-refractivity contribution in [3.8, 4) is 0 Å². The Morgan fingerprint density at radius 2 is 2.24 bits per heavy atom. The molecule has 1 N–H and O–H groups in total. The summed E-state index contributed by atoms with van der Waals surface area (Å²) < 4.78 is 0.930. The molecule has 2 nitrogen and oxygen atoms in total. The number of ketones is 1. The van der Waals surface area contributed by atoms with Crippen molar-refractivity contribution < 1.29 is 4.79 Å². The van der Waals surface area contributed by atoms with Gasteiger partial charge in [-0.3, -0.25) is 4.79 Å². The summed E-state index contributed by atoms with van der Waals surface area (Å²) in [6.07, 6.45) is 0.401. The van der Waals surface area contributed by atoms with Gasteiger partial charge in [0, 0.05) is 28.4 Å². The molecule has 0 heterocycles. The van der Waals surface area contributed by atoms with Gasteiger partial charge in [0.25, 0.3) is 0 Å². The van der Waals surface area contributed by atoms with Crippen molar-refractivity contribution in [2.24, 2.45) is 5.92 Å². The number of carbonyl (C=O) groups is 1. The van der Waals surface area contributed by atoms with E-state index < -0.39 is 0 Å². The summed E-state index contributed by atoms with van der Waals surface area (Å²) in [6, 6.07) is 5.62. The predicted molar refractivity (Wildman–Crippen MR) is 75.6 cm³/mol. The van der Waals surface area contributed by atoms with Gasteiger partial charge in [0.15, 0.2) is 0 Å². The predicted octanol–water partition coefficient (Wildman–Crippen LogP) is 3.46. The highest BCUT2D eigenvalue weighted by Crippen LogP contribution is 2.22. The molecule has 4 heteroatoms. The first-order valence-electron chi connectivity index (χ1n) is 5.72. The fourth-order valence-electron chi connectivity index (χ4n) is 1.50. The molecule has 0 saturated heterocycles. The highest BCUT2D eigenvalue weighted by molar-refractivity contribution is 9.10. The van der Waals surface area contributed by atoms with Crippen molar-refractivity contribution in [1.29, 1.82) is 0 Å². The Bertz CT molecular complexity index is 395. The lowest BCUT2D eigenvalue weighted by Gasteiger charge is -2.11.